The Labute approximate surface area is 118 Å². The van der Waals surface area contributed by atoms with Crippen molar-refractivity contribution in [2.75, 3.05) is 0 Å². The number of esters is 1. The van der Waals surface area contributed by atoms with Crippen molar-refractivity contribution in [2.24, 2.45) is 0 Å². The lowest BCUT2D eigenvalue weighted by Gasteiger charge is -2.10. The first kappa shape index (κ1) is 14.9. The van der Waals surface area contributed by atoms with Gasteiger partial charge in [-0.2, -0.15) is 8.78 Å². The van der Waals surface area contributed by atoms with Crippen molar-refractivity contribution < 1.29 is 27.4 Å². The first-order valence-electron chi connectivity index (χ1n) is 6.02. The number of para-hydroxylation sites is 1. The molecule has 0 amide bonds. The number of benzene rings is 2. The molecule has 0 radical (unpaired) electrons. The molecule has 0 saturated heterocycles. The van der Waals surface area contributed by atoms with E-state index in [0.29, 0.717) is 0 Å². The maximum Gasteiger partial charge on any atom is 0.387 e. The van der Waals surface area contributed by atoms with Crippen LogP contribution >= 0.6 is 0 Å². The van der Waals surface area contributed by atoms with Crippen molar-refractivity contribution in [1.82, 2.24) is 0 Å². The topological polar surface area (TPSA) is 35.5 Å². The molecule has 2 rings (SSSR count). The molecule has 0 spiro atoms. The van der Waals surface area contributed by atoms with E-state index in [-0.39, 0.29) is 23.5 Å². The van der Waals surface area contributed by atoms with Gasteiger partial charge in [0.25, 0.3) is 0 Å². The number of carbonyl (C=O) groups is 1. The highest BCUT2D eigenvalue weighted by molar-refractivity contribution is 5.92. The number of ether oxygens (including phenoxy) is 2. The van der Waals surface area contributed by atoms with Gasteiger partial charge < -0.3 is 9.47 Å². The third-order valence-electron chi connectivity index (χ3n) is 2.64. The molecular weight excluding hydrogens is 285 g/mol. The van der Waals surface area contributed by atoms with E-state index in [1.165, 1.54) is 42.5 Å². The summed E-state index contributed by atoms with van der Waals surface area (Å²) >= 11 is 0. The Bertz CT molecular complexity index is 629. The van der Waals surface area contributed by atoms with Crippen LogP contribution in [0, 0.1) is 5.82 Å². The van der Waals surface area contributed by atoms with Crippen molar-refractivity contribution >= 4 is 5.97 Å². The molecule has 0 aliphatic rings. The summed E-state index contributed by atoms with van der Waals surface area (Å²) in [7, 11) is 0. The molecule has 0 heterocycles. The maximum atomic E-state index is 13.4. The van der Waals surface area contributed by atoms with Crippen LogP contribution in [0.1, 0.15) is 15.9 Å². The number of rotatable bonds is 5. The Morgan fingerprint density at radius 1 is 1.05 bits per heavy atom. The zero-order valence-electron chi connectivity index (χ0n) is 10.8. The first-order valence-corrected chi connectivity index (χ1v) is 6.02. The largest absolute Gasteiger partial charge is 0.457 e. The number of carbonyl (C=O) groups excluding carboxylic acids is 1. The SMILES string of the molecule is O=C(OCc1ccccc1F)c1ccccc1OC(F)F. The highest BCUT2D eigenvalue weighted by Crippen LogP contribution is 2.21. The van der Waals surface area contributed by atoms with E-state index < -0.39 is 18.4 Å². The van der Waals surface area contributed by atoms with E-state index in [0.717, 1.165) is 0 Å². The lowest BCUT2D eigenvalue weighted by atomic mass is 10.2. The van der Waals surface area contributed by atoms with Gasteiger partial charge in [-0.25, -0.2) is 9.18 Å². The lowest BCUT2D eigenvalue weighted by molar-refractivity contribution is -0.0504. The second-order valence-electron chi connectivity index (χ2n) is 4.04. The van der Waals surface area contributed by atoms with Crippen molar-refractivity contribution in [1.29, 1.82) is 0 Å². The third kappa shape index (κ3) is 3.98. The molecule has 110 valence electrons. The lowest BCUT2D eigenvalue weighted by Crippen LogP contribution is -2.11. The summed E-state index contributed by atoms with van der Waals surface area (Å²) < 4.78 is 47.0. The average Bonchev–Trinajstić information content (AvgIpc) is 2.46. The smallest absolute Gasteiger partial charge is 0.387 e. The molecule has 0 fully saturated rings. The van der Waals surface area contributed by atoms with Crippen LogP contribution in [0.4, 0.5) is 13.2 Å². The fourth-order valence-electron chi connectivity index (χ4n) is 1.67. The predicted octanol–water partition coefficient (Wildman–Crippen LogP) is 3.78. The van der Waals surface area contributed by atoms with Gasteiger partial charge in [0.05, 0.1) is 0 Å². The van der Waals surface area contributed by atoms with E-state index >= 15 is 0 Å². The Balaban J connectivity index is 2.09. The van der Waals surface area contributed by atoms with Crippen LogP contribution in [-0.2, 0) is 11.3 Å². The van der Waals surface area contributed by atoms with Gasteiger partial charge in [-0.15, -0.1) is 0 Å². The number of hydrogen-bond donors (Lipinski definition) is 0. The van der Waals surface area contributed by atoms with Crippen LogP contribution in [0.2, 0.25) is 0 Å². The molecule has 0 aliphatic carbocycles. The minimum Gasteiger partial charge on any atom is -0.457 e. The molecule has 0 atom stereocenters. The molecule has 2 aromatic carbocycles. The molecule has 0 bridgehead atoms. The van der Waals surface area contributed by atoms with Gasteiger partial charge in [0.2, 0.25) is 0 Å². The van der Waals surface area contributed by atoms with Crippen LogP contribution < -0.4 is 4.74 Å². The molecule has 0 aliphatic heterocycles. The zero-order chi connectivity index (χ0) is 15.2. The quantitative estimate of drug-likeness (QED) is 0.788. The predicted molar refractivity (Wildman–Crippen MR) is 68.6 cm³/mol. The van der Waals surface area contributed by atoms with Gasteiger partial charge in [0.15, 0.2) is 0 Å². The van der Waals surface area contributed by atoms with Gasteiger partial charge in [-0.05, 0) is 18.2 Å². The Hall–Kier alpha value is -2.50. The van der Waals surface area contributed by atoms with Crippen LogP contribution in [0.25, 0.3) is 0 Å². The van der Waals surface area contributed by atoms with E-state index in [4.69, 9.17) is 4.74 Å². The molecule has 3 nitrogen and oxygen atoms in total. The Morgan fingerprint density at radius 2 is 1.71 bits per heavy atom. The Morgan fingerprint density at radius 3 is 2.43 bits per heavy atom. The van der Waals surface area contributed by atoms with Crippen molar-refractivity contribution in [3.8, 4) is 5.75 Å². The van der Waals surface area contributed by atoms with E-state index in [1.807, 2.05) is 0 Å². The molecule has 0 aromatic heterocycles. The molecule has 21 heavy (non-hydrogen) atoms. The van der Waals surface area contributed by atoms with Gasteiger partial charge in [0, 0.05) is 5.56 Å². The van der Waals surface area contributed by atoms with E-state index in [9.17, 15) is 18.0 Å². The van der Waals surface area contributed by atoms with Gasteiger partial charge >= 0.3 is 12.6 Å². The monoisotopic (exact) mass is 296 g/mol. The summed E-state index contributed by atoms with van der Waals surface area (Å²) in [6.07, 6.45) is 0. The van der Waals surface area contributed by atoms with E-state index in [2.05, 4.69) is 4.74 Å². The normalized spacial score (nSPS) is 10.5. The average molecular weight is 296 g/mol. The third-order valence-corrected chi connectivity index (χ3v) is 2.64. The summed E-state index contributed by atoms with van der Waals surface area (Å²) in [5.74, 6) is -1.66. The van der Waals surface area contributed by atoms with Crippen LogP contribution in [-0.4, -0.2) is 12.6 Å². The highest BCUT2D eigenvalue weighted by Gasteiger charge is 2.17. The number of hydrogen-bond acceptors (Lipinski definition) is 3. The second-order valence-corrected chi connectivity index (χ2v) is 4.04. The maximum absolute atomic E-state index is 13.4. The minimum atomic E-state index is -3.05. The summed E-state index contributed by atoms with van der Waals surface area (Å²) in [6.45, 7) is -3.35. The van der Waals surface area contributed by atoms with Crippen LogP contribution in [0.3, 0.4) is 0 Å². The van der Waals surface area contributed by atoms with Gasteiger partial charge in [-0.1, -0.05) is 30.3 Å². The Kier molecular flexibility index (Phi) is 4.81. The number of halogens is 3. The molecular formula is C15H11F3O3. The first-order chi connectivity index (χ1) is 10.1. The minimum absolute atomic E-state index is 0.144. The summed E-state index contributed by atoms with van der Waals surface area (Å²) in [4.78, 5) is 11.9. The fourth-order valence-corrected chi connectivity index (χ4v) is 1.67. The molecule has 0 unspecified atom stereocenters. The molecule has 2 aromatic rings. The van der Waals surface area contributed by atoms with E-state index in [1.54, 1.807) is 6.07 Å². The fraction of sp³-hybridized carbons (Fsp3) is 0.133. The zero-order valence-corrected chi connectivity index (χ0v) is 10.8. The van der Waals surface area contributed by atoms with Gasteiger partial charge in [-0.3, -0.25) is 0 Å². The van der Waals surface area contributed by atoms with Crippen molar-refractivity contribution in [2.45, 2.75) is 13.2 Å². The van der Waals surface area contributed by atoms with Gasteiger partial charge in [0.1, 0.15) is 23.7 Å². The molecule has 6 heteroatoms. The molecule has 0 N–H and O–H groups in total. The second kappa shape index (κ2) is 6.78. The van der Waals surface area contributed by atoms with Crippen molar-refractivity contribution in [3.63, 3.8) is 0 Å². The molecule has 0 saturated carbocycles. The number of alkyl halides is 2. The summed E-state index contributed by atoms with van der Waals surface area (Å²) in [5.41, 5.74) is 0.0484. The van der Waals surface area contributed by atoms with Crippen LogP contribution in [0.15, 0.2) is 48.5 Å². The summed E-state index contributed by atoms with van der Waals surface area (Å²) in [5, 5.41) is 0. The summed E-state index contributed by atoms with van der Waals surface area (Å²) in [6, 6.07) is 11.3. The standard InChI is InChI=1S/C15H11F3O3/c16-12-7-3-1-5-10(12)9-20-14(19)11-6-2-4-8-13(11)21-15(17)18/h1-8,15H,9H2. The van der Waals surface area contributed by atoms with Crippen LogP contribution in [0.5, 0.6) is 5.75 Å². The highest BCUT2D eigenvalue weighted by atomic mass is 19.3. The van der Waals surface area contributed by atoms with Crippen molar-refractivity contribution in [3.05, 3.63) is 65.5 Å².